The second-order valence-corrected chi connectivity index (χ2v) is 5.27. The van der Waals surface area contributed by atoms with Gasteiger partial charge in [-0.05, 0) is 0 Å². The Balaban J connectivity index is 2.17. The van der Waals surface area contributed by atoms with E-state index in [9.17, 15) is 27.6 Å². The molecule has 2 heterocycles. The van der Waals surface area contributed by atoms with Gasteiger partial charge in [0.05, 0.1) is 11.8 Å². The summed E-state index contributed by atoms with van der Waals surface area (Å²) in [5.74, 6) is -6.42. The highest BCUT2D eigenvalue weighted by Gasteiger charge is 2.53. The Kier molecular flexibility index (Phi) is 4.12. The van der Waals surface area contributed by atoms with Gasteiger partial charge in [0.2, 0.25) is 5.91 Å². The number of alkyl halides is 3. The van der Waals surface area contributed by atoms with Crippen LogP contribution in [0.1, 0.15) is 12.8 Å². The van der Waals surface area contributed by atoms with Crippen molar-refractivity contribution in [2.24, 2.45) is 16.9 Å². The molecule has 0 saturated carbocycles. The molecule has 1 saturated heterocycles. The summed E-state index contributed by atoms with van der Waals surface area (Å²) in [6.07, 6.45) is -4.62. The highest BCUT2D eigenvalue weighted by atomic mass is 19.4. The summed E-state index contributed by atoms with van der Waals surface area (Å²) in [6.45, 7) is -1.23. The number of halogens is 3. The molecule has 2 rings (SSSR count). The quantitative estimate of drug-likeness (QED) is 0.793. The van der Waals surface area contributed by atoms with Crippen molar-refractivity contribution in [2.75, 3.05) is 20.1 Å². The molecule has 2 amide bonds. The Bertz CT molecular complexity index is 546. The summed E-state index contributed by atoms with van der Waals surface area (Å²) in [7, 11) is 1.34. The lowest BCUT2D eigenvalue weighted by Crippen LogP contribution is -2.40. The van der Waals surface area contributed by atoms with Crippen molar-refractivity contribution < 1.29 is 32.7 Å². The summed E-state index contributed by atoms with van der Waals surface area (Å²) in [5.41, 5.74) is -0.0333. The number of carbonyl (C=O) groups excluding carboxylic acids is 2. The highest BCUT2D eigenvalue weighted by molar-refractivity contribution is 6.39. The van der Waals surface area contributed by atoms with E-state index in [1.807, 2.05) is 0 Å². The third-order valence-electron chi connectivity index (χ3n) is 3.80. The number of hydrogen-bond acceptors (Lipinski definition) is 4. The topological polar surface area (TPSA) is 90.3 Å². The van der Waals surface area contributed by atoms with Crippen LogP contribution in [0.5, 0.6) is 0 Å². The van der Waals surface area contributed by atoms with Gasteiger partial charge >= 0.3 is 12.1 Å². The number of rotatable bonds is 2. The lowest BCUT2D eigenvalue weighted by Gasteiger charge is -2.23. The smallest absolute Gasteiger partial charge is 0.394 e. The zero-order chi connectivity index (χ0) is 16.7. The van der Waals surface area contributed by atoms with Crippen molar-refractivity contribution in [2.45, 2.75) is 19.0 Å². The molecule has 0 aromatic heterocycles. The second-order valence-electron chi connectivity index (χ2n) is 5.27. The lowest BCUT2D eigenvalue weighted by molar-refractivity contribution is -0.188. The van der Waals surface area contributed by atoms with Crippen LogP contribution in [0, 0.1) is 11.8 Å². The van der Waals surface area contributed by atoms with E-state index >= 15 is 0 Å². The molecule has 2 aliphatic rings. The van der Waals surface area contributed by atoms with E-state index in [-0.39, 0.29) is 24.5 Å². The summed E-state index contributed by atoms with van der Waals surface area (Å²) >= 11 is 0. The predicted octanol–water partition coefficient (Wildman–Crippen LogP) is 0.316. The zero-order valence-corrected chi connectivity index (χ0v) is 11.6. The molecule has 0 aliphatic carbocycles. The summed E-state index contributed by atoms with van der Waals surface area (Å²) < 4.78 is 38.6. The minimum Gasteiger partial charge on any atom is -0.481 e. The monoisotopic (exact) mass is 321 g/mol. The third-order valence-corrected chi connectivity index (χ3v) is 3.80. The Morgan fingerprint density at radius 2 is 1.91 bits per heavy atom. The fourth-order valence-corrected chi connectivity index (χ4v) is 2.56. The fourth-order valence-electron chi connectivity index (χ4n) is 2.56. The van der Waals surface area contributed by atoms with E-state index in [0.717, 1.165) is 9.91 Å². The van der Waals surface area contributed by atoms with E-state index in [1.54, 1.807) is 0 Å². The van der Waals surface area contributed by atoms with Crippen molar-refractivity contribution in [3.8, 4) is 0 Å². The van der Waals surface area contributed by atoms with Gasteiger partial charge in [0, 0.05) is 33.0 Å². The molecule has 0 bridgehead atoms. The van der Waals surface area contributed by atoms with Gasteiger partial charge in [0.1, 0.15) is 5.71 Å². The number of likely N-dealkylation sites (tertiary alicyclic amines) is 1. The molecule has 2 atom stereocenters. The van der Waals surface area contributed by atoms with E-state index in [4.69, 9.17) is 5.11 Å². The van der Waals surface area contributed by atoms with Crippen molar-refractivity contribution in [1.82, 2.24) is 9.91 Å². The molecule has 0 aromatic rings. The molecule has 1 fully saturated rings. The van der Waals surface area contributed by atoms with Crippen LogP contribution >= 0.6 is 0 Å². The standard InChI is InChI=1S/C12H14F3N3O4/c1-17-9(19)3-2-8(16-17)10(20)18-4-6(11(21)22)7(5-18)12(13,14)15/h6-7H,2-5H2,1H3,(H,21,22)/t6-,7-/m1/s1. The van der Waals surface area contributed by atoms with Crippen LogP contribution in [0.15, 0.2) is 5.10 Å². The van der Waals surface area contributed by atoms with Crippen LogP contribution in [0.25, 0.3) is 0 Å². The van der Waals surface area contributed by atoms with Gasteiger partial charge in [0.15, 0.2) is 0 Å². The van der Waals surface area contributed by atoms with E-state index in [2.05, 4.69) is 5.10 Å². The van der Waals surface area contributed by atoms with Crippen LogP contribution in [-0.4, -0.2) is 64.8 Å². The SMILES string of the molecule is CN1N=C(C(=O)N2C[C@@H](C(F)(F)F)[C@H](C(=O)O)C2)CCC1=O. The summed E-state index contributed by atoms with van der Waals surface area (Å²) in [6, 6.07) is 0. The Morgan fingerprint density at radius 1 is 1.27 bits per heavy atom. The molecule has 22 heavy (non-hydrogen) atoms. The number of carbonyl (C=O) groups is 3. The third kappa shape index (κ3) is 3.04. The highest BCUT2D eigenvalue weighted by Crippen LogP contribution is 2.37. The van der Waals surface area contributed by atoms with Crippen LogP contribution in [0.2, 0.25) is 0 Å². The van der Waals surface area contributed by atoms with Gasteiger partial charge in [0.25, 0.3) is 5.91 Å². The second kappa shape index (κ2) is 5.58. The van der Waals surface area contributed by atoms with Crippen LogP contribution in [0.4, 0.5) is 13.2 Å². The van der Waals surface area contributed by atoms with Crippen molar-refractivity contribution in [1.29, 1.82) is 0 Å². The maximum atomic E-state index is 12.9. The average molecular weight is 321 g/mol. The summed E-state index contributed by atoms with van der Waals surface area (Å²) in [4.78, 5) is 35.3. The van der Waals surface area contributed by atoms with Gasteiger partial charge < -0.3 is 10.0 Å². The maximum absolute atomic E-state index is 12.9. The molecule has 0 unspecified atom stereocenters. The number of amides is 2. The Labute approximate surface area is 123 Å². The molecular weight excluding hydrogens is 307 g/mol. The average Bonchev–Trinajstić information content (AvgIpc) is 2.86. The first-order chi connectivity index (χ1) is 10.1. The first-order valence-electron chi connectivity index (χ1n) is 6.54. The van der Waals surface area contributed by atoms with Crippen molar-refractivity contribution in [3.63, 3.8) is 0 Å². The Hall–Kier alpha value is -2.13. The number of hydrazone groups is 1. The van der Waals surface area contributed by atoms with E-state index in [0.29, 0.717) is 0 Å². The molecule has 0 radical (unpaired) electrons. The predicted molar refractivity (Wildman–Crippen MR) is 66.7 cm³/mol. The summed E-state index contributed by atoms with van der Waals surface area (Å²) in [5, 5.41) is 13.6. The largest absolute Gasteiger partial charge is 0.481 e. The first-order valence-corrected chi connectivity index (χ1v) is 6.54. The van der Waals surface area contributed by atoms with Crippen LogP contribution in [0.3, 0.4) is 0 Å². The van der Waals surface area contributed by atoms with Crippen LogP contribution in [-0.2, 0) is 14.4 Å². The molecule has 0 aromatic carbocycles. The lowest BCUT2D eigenvalue weighted by atomic mass is 9.96. The van der Waals surface area contributed by atoms with Gasteiger partial charge in [-0.25, -0.2) is 5.01 Å². The Morgan fingerprint density at radius 3 is 2.36 bits per heavy atom. The minimum atomic E-state index is -4.70. The van der Waals surface area contributed by atoms with Crippen molar-refractivity contribution in [3.05, 3.63) is 0 Å². The van der Waals surface area contributed by atoms with Gasteiger partial charge in [-0.2, -0.15) is 18.3 Å². The van der Waals surface area contributed by atoms with Gasteiger partial charge in [-0.1, -0.05) is 0 Å². The molecule has 7 nitrogen and oxygen atoms in total. The molecule has 10 heteroatoms. The van der Waals surface area contributed by atoms with Gasteiger partial charge in [-0.3, -0.25) is 14.4 Å². The van der Waals surface area contributed by atoms with E-state index < -0.39 is 43.0 Å². The number of aliphatic carboxylic acids is 1. The first kappa shape index (κ1) is 16.2. The van der Waals surface area contributed by atoms with Gasteiger partial charge in [-0.15, -0.1) is 0 Å². The number of hydrogen-bond donors (Lipinski definition) is 1. The zero-order valence-electron chi connectivity index (χ0n) is 11.6. The number of nitrogens with zero attached hydrogens (tertiary/aromatic N) is 3. The molecule has 122 valence electrons. The van der Waals surface area contributed by atoms with E-state index in [1.165, 1.54) is 7.05 Å². The van der Waals surface area contributed by atoms with Crippen LogP contribution < -0.4 is 0 Å². The number of carboxylic acid groups (broad SMARTS) is 1. The number of carboxylic acids is 1. The minimum absolute atomic E-state index is 0.0333. The molecule has 0 spiro atoms. The molecule has 2 aliphatic heterocycles. The molecular formula is C12H14F3N3O4. The normalized spacial score (nSPS) is 26.2. The molecule has 1 N–H and O–H groups in total. The fraction of sp³-hybridized carbons (Fsp3) is 0.667. The van der Waals surface area contributed by atoms with Crippen molar-refractivity contribution >= 4 is 23.5 Å². The maximum Gasteiger partial charge on any atom is 0.394 e.